The number of likely N-dealkylation sites (N-methyl/N-ethyl adjacent to an activating group) is 1. The number of rotatable bonds is 4. The number of ether oxygens (including phenoxy) is 1. The van der Waals surface area contributed by atoms with Crippen LogP contribution in [-0.2, 0) is 9.53 Å². The largest absolute Gasteiger partial charge is 0.389 e. The molecular formula is C14H21N3O3. The fourth-order valence-corrected chi connectivity index (χ4v) is 2.24. The minimum atomic E-state index is -0.555. The maximum atomic E-state index is 12.1. The molecule has 20 heavy (non-hydrogen) atoms. The Morgan fingerprint density at radius 1 is 1.70 bits per heavy atom. The summed E-state index contributed by atoms with van der Waals surface area (Å²) in [4.78, 5) is 18.3. The Labute approximate surface area is 118 Å². The average molecular weight is 279 g/mol. The molecule has 2 atom stereocenters. The molecule has 2 heterocycles. The predicted molar refractivity (Wildman–Crippen MR) is 75.5 cm³/mol. The van der Waals surface area contributed by atoms with E-state index in [1.165, 1.54) is 0 Å². The number of aliphatic hydroxyl groups is 1. The number of pyridine rings is 1. The summed E-state index contributed by atoms with van der Waals surface area (Å²) < 4.78 is 5.40. The van der Waals surface area contributed by atoms with Crippen LogP contribution >= 0.6 is 0 Å². The van der Waals surface area contributed by atoms with Gasteiger partial charge in [-0.2, -0.15) is 0 Å². The molecule has 0 radical (unpaired) electrons. The van der Waals surface area contributed by atoms with Gasteiger partial charge < -0.3 is 20.1 Å². The second kappa shape index (κ2) is 6.67. The topological polar surface area (TPSA) is 74.7 Å². The van der Waals surface area contributed by atoms with Crippen LogP contribution in [0, 0.1) is 0 Å². The van der Waals surface area contributed by atoms with Gasteiger partial charge in [-0.05, 0) is 31.5 Å². The number of carbonyl (C=O) groups is 1. The van der Waals surface area contributed by atoms with Crippen LogP contribution in [0.4, 0.5) is 5.82 Å². The van der Waals surface area contributed by atoms with Gasteiger partial charge in [0.25, 0.3) is 0 Å². The molecule has 2 unspecified atom stereocenters. The molecule has 6 nitrogen and oxygen atoms in total. The molecule has 0 saturated carbocycles. The minimum Gasteiger partial charge on any atom is -0.389 e. The molecule has 1 aromatic heterocycles. The van der Waals surface area contributed by atoms with E-state index in [4.69, 9.17) is 4.74 Å². The van der Waals surface area contributed by atoms with Gasteiger partial charge in [-0.15, -0.1) is 0 Å². The quantitative estimate of drug-likeness (QED) is 0.838. The normalized spacial score (nSPS) is 20.6. The molecule has 2 N–H and O–H groups in total. The van der Waals surface area contributed by atoms with E-state index in [-0.39, 0.29) is 11.9 Å². The van der Waals surface area contributed by atoms with Gasteiger partial charge in [-0.25, -0.2) is 4.98 Å². The molecule has 2 rings (SSSR count). The van der Waals surface area contributed by atoms with E-state index in [0.29, 0.717) is 32.1 Å². The monoisotopic (exact) mass is 279 g/mol. The second-order valence-corrected chi connectivity index (χ2v) is 4.80. The molecule has 110 valence electrons. The number of aliphatic hydroxyl groups excluding tert-OH is 1. The Bertz CT molecular complexity index is 465. The van der Waals surface area contributed by atoms with Gasteiger partial charge in [0.1, 0.15) is 11.9 Å². The third-order valence-corrected chi connectivity index (χ3v) is 3.33. The van der Waals surface area contributed by atoms with Gasteiger partial charge in [-0.1, -0.05) is 0 Å². The van der Waals surface area contributed by atoms with Crippen LogP contribution < -0.4 is 10.2 Å². The number of hydrogen-bond acceptors (Lipinski definition) is 5. The summed E-state index contributed by atoms with van der Waals surface area (Å²) in [5, 5.41) is 12.5. The van der Waals surface area contributed by atoms with E-state index < -0.39 is 6.10 Å². The summed E-state index contributed by atoms with van der Waals surface area (Å²) in [7, 11) is 0. The number of carbonyl (C=O) groups excluding carboxylic acids is 1. The van der Waals surface area contributed by atoms with Crippen molar-refractivity contribution < 1.29 is 14.6 Å². The average Bonchev–Trinajstić information content (AvgIpc) is 2.47. The Hall–Kier alpha value is -1.66. The third-order valence-electron chi connectivity index (χ3n) is 3.33. The van der Waals surface area contributed by atoms with Crippen LogP contribution in [0.1, 0.15) is 25.5 Å². The standard InChI is InChI=1S/C14H21N3O3/c1-3-15-14(19)12-9-20-7-6-17(12)13-8-11(10(2)18)4-5-16-13/h4-5,8,10,12,18H,3,6-7,9H2,1-2H3,(H,15,19). The summed E-state index contributed by atoms with van der Waals surface area (Å²) >= 11 is 0. The van der Waals surface area contributed by atoms with Crippen molar-refractivity contribution in [3.63, 3.8) is 0 Å². The number of aromatic nitrogens is 1. The zero-order valence-electron chi connectivity index (χ0n) is 11.9. The van der Waals surface area contributed by atoms with Gasteiger partial charge in [0.2, 0.25) is 5.91 Å². The molecule has 1 saturated heterocycles. The molecule has 1 amide bonds. The molecule has 6 heteroatoms. The Morgan fingerprint density at radius 2 is 2.50 bits per heavy atom. The molecule has 1 fully saturated rings. The third kappa shape index (κ3) is 3.26. The van der Waals surface area contributed by atoms with Gasteiger partial charge >= 0.3 is 0 Å². The summed E-state index contributed by atoms with van der Waals surface area (Å²) in [5.74, 6) is 0.638. The highest BCUT2D eigenvalue weighted by molar-refractivity contribution is 5.85. The highest BCUT2D eigenvalue weighted by Gasteiger charge is 2.30. The van der Waals surface area contributed by atoms with Gasteiger partial charge in [0, 0.05) is 19.3 Å². The highest BCUT2D eigenvalue weighted by Crippen LogP contribution is 2.21. The minimum absolute atomic E-state index is 0.0588. The first-order valence-electron chi connectivity index (χ1n) is 6.89. The fraction of sp³-hybridized carbons (Fsp3) is 0.571. The Balaban J connectivity index is 2.23. The van der Waals surface area contributed by atoms with E-state index in [1.54, 1.807) is 19.2 Å². The van der Waals surface area contributed by atoms with Gasteiger partial charge in [0.05, 0.1) is 19.3 Å². The van der Waals surface area contributed by atoms with Crippen molar-refractivity contribution in [3.05, 3.63) is 23.9 Å². The molecule has 1 aromatic rings. The molecular weight excluding hydrogens is 258 g/mol. The molecule has 1 aliphatic heterocycles. The lowest BCUT2D eigenvalue weighted by Crippen LogP contribution is -2.54. The molecule has 1 aliphatic rings. The van der Waals surface area contributed by atoms with E-state index in [2.05, 4.69) is 10.3 Å². The van der Waals surface area contributed by atoms with Crippen LogP contribution in [-0.4, -0.2) is 48.3 Å². The molecule has 0 aliphatic carbocycles. The summed E-state index contributed by atoms with van der Waals surface area (Å²) in [6.45, 7) is 5.71. The van der Waals surface area contributed by atoms with E-state index in [9.17, 15) is 9.90 Å². The van der Waals surface area contributed by atoms with Crippen LogP contribution in [0.3, 0.4) is 0 Å². The summed E-state index contributed by atoms with van der Waals surface area (Å²) in [6.07, 6.45) is 1.10. The summed E-state index contributed by atoms with van der Waals surface area (Å²) in [5.41, 5.74) is 0.788. The van der Waals surface area contributed by atoms with Gasteiger partial charge in [0.15, 0.2) is 0 Å². The van der Waals surface area contributed by atoms with Crippen molar-refractivity contribution in [1.29, 1.82) is 0 Å². The zero-order valence-corrected chi connectivity index (χ0v) is 11.9. The molecule has 0 aromatic carbocycles. The van der Waals surface area contributed by atoms with E-state index in [1.807, 2.05) is 17.9 Å². The van der Waals surface area contributed by atoms with Crippen molar-refractivity contribution >= 4 is 11.7 Å². The van der Waals surface area contributed by atoms with Crippen LogP contribution in [0.2, 0.25) is 0 Å². The Kier molecular flexibility index (Phi) is 4.92. The lowest BCUT2D eigenvalue weighted by molar-refractivity contribution is -0.124. The van der Waals surface area contributed by atoms with Gasteiger partial charge in [-0.3, -0.25) is 4.79 Å². The first-order chi connectivity index (χ1) is 9.63. The fourth-order valence-electron chi connectivity index (χ4n) is 2.24. The number of anilines is 1. The van der Waals surface area contributed by atoms with E-state index in [0.717, 1.165) is 5.56 Å². The van der Waals surface area contributed by atoms with E-state index >= 15 is 0 Å². The van der Waals surface area contributed by atoms with Crippen LogP contribution in [0.15, 0.2) is 18.3 Å². The SMILES string of the molecule is CCNC(=O)C1COCCN1c1cc(C(C)O)ccn1. The molecule has 0 bridgehead atoms. The van der Waals surface area contributed by atoms with Crippen molar-refractivity contribution in [3.8, 4) is 0 Å². The lowest BCUT2D eigenvalue weighted by Gasteiger charge is -2.35. The second-order valence-electron chi connectivity index (χ2n) is 4.80. The lowest BCUT2D eigenvalue weighted by atomic mass is 10.1. The number of hydrogen-bond donors (Lipinski definition) is 2. The number of nitrogens with zero attached hydrogens (tertiary/aromatic N) is 2. The molecule has 0 spiro atoms. The number of amides is 1. The van der Waals surface area contributed by atoms with Crippen molar-refractivity contribution in [2.24, 2.45) is 0 Å². The summed E-state index contributed by atoms with van der Waals surface area (Å²) in [6, 6.07) is 3.22. The number of nitrogens with one attached hydrogen (secondary N) is 1. The predicted octanol–water partition coefficient (Wildman–Crippen LogP) is 0.476. The maximum absolute atomic E-state index is 12.1. The highest BCUT2D eigenvalue weighted by atomic mass is 16.5. The first kappa shape index (κ1) is 14.7. The van der Waals surface area contributed by atoms with Crippen LogP contribution in [0.5, 0.6) is 0 Å². The van der Waals surface area contributed by atoms with Crippen LogP contribution in [0.25, 0.3) is 0 Å². The van der Waals surface area contributed by atoms with Crippen molar-refractivity contribution in [2.75, 3.05) is 31.2 Å². The van der Waals surface area contributed by atoms with Crippen molar-refractivity contribution in [2.45, 2.75) is 26.0 Å². The Morgan fingerprint density at radius 3 is 3.20 bits per heavy atom. The maximum Gasteiger partial charge on any atom is 0.245 e. The van der Waals surface area contributed by atoms with Crippen molar-refractivity contribution in [1.82, 2.24) is 10.3 Å². The number of morpholine rings is 1. The first-order valence-corrected chi connectivity index (χ1v) is 6.89. The smallest absolute Gasteiger partial charge is 0.245 e. The zero-order chi connectivity index (χ0) is 14.5.